The second-order valence-electron chi connectivity index (χ2n) is 5.58. The van der Waals surface area contributed by atoms with Crippen LogP contribution in [-0.4, -0.2) is 30.0 Å². The fraction of sp³-hybridized carbons (Fsp3) is 0.105. The van der Waals surface area contributed by atoms with Crippen molar-refractivity contribution in [2.75, 3.05) is 11.1 Å². The second-order valence-corrected chi connectivity index (χ2v) is 7.69. The van der Waals surface area contributed by atoms with Gasteiger partial charge in [-0.2, -0.15) is 0 Å². The molecular formula is C19H17N3O3S. The molecule has 0 spiro atoms. The van der Waals surface area contributed by atoms with Gasteiger partial charge in [0.15, 0.2) is 9.84 Å². The summed E-state index contributed by atoms with van der Waals surface area (Å²) in [5.74, 6) is -0.570. The van der Waals surface area contributed by atoms with Gasteiger partial charge in [-0.05, 0) is 29.3 Å². The molecular weight excluding hydrogens is 350 g/mol. The molecule has 0 aliphatic heterocycles. The Kier molecular flexibility index (Phi) is 5.38. The Bertz CT molecular complexity index is 974. The van der Waals surface area contributed by atoms with E-state index in [9.17, 15) is 13.2 Å². The lowest BCUT2D eigenvalue weighted by molar-refractivity contribution is -0.115. The largest absolute Gasteiger partial charge is 0.295 e. The van der Waals surface area contributed by atoms with E-state index in [0.29, 0.717) is 0 Å². The van der Waals surface area contributed by atoms with Crippen LogP contribution < -0.4 is 5.32 Å². The number of nitrogens with zero attached hydrogens (tertiary/aromatic N) is 2. The molecule has 0 saturated heterocycles. The van der Waals surface area contributed by atoms with Crippen LogP contribution in [0.2, 0.25) is 0 Å². The number of benzene rings is 2. The molecule has 1 heterocycles. The fourth-order valence-corrected chi connectivity index (χ4v) is 3.62. The van der Waals surface area contributed by atoms with Crippen LogP contribution in [0.4, 0.5) is 5.95 Å². The van der Waals surface area contributed by atoms with Crippen LogP contribution in [0.5, 0.6) is 0 Å². The van der Waals surface area contributed by atoms with E-state index in [0.717, 1.165) is 11.1 Å². The SMILES string of the molecule is O=C(CCS(=O)(=O)c1ccc(-c2ccccc2)cc1)Nc1ncccn1. The maximum absolute atomic E-state index is 12.4. The standard InChI is InChI=1S/C19H17N3O3S/c23-18(22-19-20-12-4-13-21-19)11-14-26(24,25)17-9-7-16(8-10-17)15-5-2-1-3-6-15/h1-10,12-13H,11,14H2,(H,20,21,22,23). The Morgan fingerprint density at radius 1 is 0.846 bits per heavy atom. The molecule has 0 atom stereocenters. The first-order valence-electron chi connectivity index (χ1n) is 8.00. The highest BCUT2D eigenvalue weighted by Crippen LogP contribution is 2.21. The maximum Gasteiger partial charge on any atom is 0.229 e. The van der Waals surface area contributed by atoms with Crippen molar-refractivity contribution in [3.05, 3.63) is 73.1 Å². The Labute approximate surface area is 151 Å². The summed E-state index contributed by atoms with van der Waals surface area (Å²) in [4.78, 5) is 19.8. The van der Waals surface area contributed by atoms with Crippen molar-refractivity contribution in [3.63, 3.8) is 0 Å². The van der Waals surface area contributed by atoms with E-state index in [2.05, 4.69) is 15.3 Å². The number of carbonyl (C=O) groups excluding carboxylic acids is 1. The third kappa shape index (κ3) is 4.52. The normalized spacial score (nSPS) is 11.1. The number of sulfone groups is 1. The van der Waals surface area contributed by atoms with Crippen molar-refractivity contribution >= 4 is 21.7 Å². The number of hydrogen-bond donors (Lipinski definition) is 1. The molecule has 0 unspecified atom stereocenters. The predicted octanol–water partition coefficient (Wildman–Crippen LogP) is 2.95. The summed E-state index contributed by atoms with van der Waals surface area (Å²) in [6, 6.07) is 18.0. The van der Waals surface area contributed by atoms with Crippen molar-refractivity contribution in [1.82, 2.24) is 9.97 Å². The molecule has 1 N–H and O–H groups in total. The Morgan fingerprint density at radius 2 is 1.46 bits per heavy atom. The number of carbonyl (C=O) groups is 1. The van der Waals surface area contributed by atoms with Crippen LogP contribution in [0.1, 0.15) is 6.42 Å². The molecule has 1 amide bonds. The van der Waals surface area contributed by atoms with Crippen LogP contribution in [0.3, 0.4) is 0 Å². The van der Waals surface area contributed by atoms with Gasteiger partial charge in [-0.3, -0.25) is 10.1 Å². The molecule has 3 rings (SSSR count). The van der Waals surface area contributed by atoms with Gasteiger partial charge >= 0.3 is 0 Å². The van der Waals surface area contributed by atoms with Crippen molar-refractivity contribution in [2.24, 2.45) is 0 Å². The Balaban J connectivity index is 1.63. The summed E-state index contributed by atoms with van der Waals surface area (Å²) < 4.78 is 24.9. The number of hydrogen-bond acceptors (Lipinski definition) is 5. The maximum atomic E-state index is 12.4. The van der Waals surface area contributed by atoms with Crippen molar-refractivity contribution < 1.29 is 13.2 Å². The van der Waals surface area contributed by atoms with E-state index in [1.165, 1.54) is 12.4 Å². The molecule has 2 aromatic carbocycles. The molecule has 0 aliphatic rings. The van der Waals surface area contributed by atoms with E-state index in [1.807, 2.05) is 30.3 Å². The average molecular weight is 367 g/mol. The molecule has 7 heteroatoms. The fourth-order valence-electron chi connectivity index (χ4n) is 2.38. The summed E-state index contributed by atoms with van der Waals surface area (Å²) in [5.41, 5.74) is 1.95. The number of rotatable bonds is 6. The van der Waals surface area contributed by atoms with Gasteiger partial charge in [-0.1, -0.05) is 42.5 Å². The quantitative estimate of drug-likeness (QED) is 0.723. The third-order valence-corrected chi connectivity index (χ3v) is 5.47. The molecule has 6 nitrogen and oxygen atoms in total. The molecule has 1 aromatic heterocycles. The Hall–Kier alpha value is -3.06. The molecule has 0 radical (unpaired) electrons. The molecule has 26 heavy (non-hydrogen) atoms. The molecule has 0 aliphatic carbocycles. The highest BCUT2D eigenvalue weighted by atomic mass is 32.2. The van der Waals surface area contributed by atoms with Gasteiger partial charge in [-0.25, -0.2) is 18.4 Å². The molecule has 3 aromatic rings. The lowest BCUT2D eigenvalue weighted by atomic mass is 10.1. The molecule has 0 saturated carbocycles. The van der Waals surface area contributed by atoms with Crippen LogP contribution in [0.25, 0.3) is 11.1 Å². The zero-order valence-corrected chi connectivity index (χ0v) is 14.7. The van der Waals surface area contributed by atoms with Gasteiger partial charge in [0.1, 0.15) is 0 Å². The minimum atomic E-state index is -3.55. The van der Waals surface area contributed by atoms with Gasteiger partial charge in [0.25, 0.3) is 0 Å². The van der Waals surface area contributed by atoms with Gasteiger partial charge in [0, 0.05) is 18.8 Å². The molecule has 132 valence electrons. The van der Waals surface area contributed by atoms with Gasteiger partial charge in [0.05, 0.1) is 10.6 Å². The summed E-state index contributed by atoms with van der Waals surface area (Å²) in [7, 11) is -3.55. The highest BCUT2D eigenvalue weighted by Gasteiger charge is 2.17. The van der Waals surface area contributed by atoms with Gasteiger partial charge in [0.2, 0.25) is 11.9 Å². The van der Waals surface area contributed by atoms with Gasteiger partial charge in [-0.15, -0.1) is 0 Å². The van der Waals surface area contributed by atoms with Crippen molar-refractivity contribution in [1.29, 1.82) is 0 Å². The third-order valence-electron chi connectivity index (χ3n) is 3.74. The first kappa shape index (κ1) is 17.8. The zero-order valence-electron chi connectivity index (χ0n) is 13.9. The number of anilines is 1. The topological polar surface area (TPSA) is 89.0 Å². The summed E-state index contributed by atoms with van der Waals surface area (Å²) in [6.07, 6.45) is 2.82. The summed E-state index contributed by atoms with van der Waals surface area (Å²) in [5, 5.41) is 2.47. The second kappa shape index (κ2) is 7.88. The summed E-state index contributed by atoms with van der Waals surface area (Å²) in [6.45, 7) is 0. The highest BCUT2D eigenvalue weighted by molar-refractivity contribution is 7.91. The van der Waals surface area contributed by atoms with Gasteiger partial charge < -0.3 is 0 Å². The van der Waals surface area contributed by atoms with E-state index in [1.54, 1.807) is 30.3 Å². The van der Waals surface area contributed by atoms with Crippen LogP contribution >= 0.6 is 0 Å². The van der Waals surface area contributed by atoms with E-state index < -0.39 is 15.7 Å². The van der Waals surface area contributed by atoms with E-state index in [4.69, 9.17) is 0 Å². The lowest BCUT2D eigenvalue weighted by Crippen LogP contribution is -2.18. The van der Waals surface area contributed by atoms with Crippen LogP contribution in [0, 0.1) is 0 Å². The smallest absolute Gasteiger partial charge is 0.229 e. The van der Waals surface area contributed by atoms with E-state index in [-0.39, 0.29) is 23.0 Å². The summed E-state index contributed by atoms with van der Waals surface area (Å²) >= 11 is 0. The van der Waals surface area contributed by atoms with Crippen molar-refractivity contribution in [2.45, 2.75) is 11.3 Å². The van der Waals surface area contributed by atoms with E-state index >= 15 is 0 Å². The molecule has 0 bridgehead atoms. The number of amides is 1. The molecule has 0 fully saturated rings. The first-order chi connectivity index (χ1) is 12.5. The number of aromatic nitrogens is 2. The van der Waals surface area contributed by atoms with Crippen LogP contribution in [-0.2, 0) is 14.6 Å². The predicted molar refractivity (Wildman–Crippen MR) is 99.2 cm³/mol. The average Bonchev–Trinajstić information content (AvgIpc) is 2.68. The minimum Gasteiger partial charge on any atom is -0.295 e. The zero-order chi connectivity index (χ0) is 18.4. The number of nitrogens with one attached hydrogen (secondary N) is 1. The lowest BCUT2D eigenvalue weighted by Gasteiger charge is -2.07. The first-order valence-corrected chi connectivity index (χ1v) is 9.65. The monoisotopic (exact) mass is 367 g/mol. The van der Waals surface area contributed by atoms with Crippen LogP contribution in [0.15, 0.2) is 78.0 Å². The minimum absolute atomic E-state index is 0.155. The van der Waals surface area contributed by atoms with Crippen molar-refractivity contribution in [3.8, 4) is 11.1 Å². The Morgan fingerprint density at radius 3 is 2.12 bits per heavy atom.